The fourth-order valence-corrected chi connectivity index (χ4v) is 2.19. The van der Waals surface area contributed by atoms with Gasteiger partial charge in [0.1, 0.15) is 0 Å². The summed E-state index contributed by atoms with van der Waals surface area (Å²) < 4.78 is 0. The highest BCUT2D eigenvalue weighted by molar-refractivity contribution is 7.07. The van der Waals surface area contributed by atoms with Crippen molar-refractivity contribution >= 4 is 11.3 Å². The molecule has 0 N–H and O–H groups in total. The monoisotopic (exact) mass is 202 g/mol. The molecule has 1 heterocycles. The van der Waals surface area contributed by atoms with Crippen molar-refractivity contribution in [3.63, 3.8) is 0 Å². The van der Waals surface area contributed by atoms with Crippen molar-refractivity contribution in [2.45, 2.75) is 19.8 Å². The van der Waals surface area contributed by atoms with Crippen molar-refractivity contribution in [1.82, 2.24) is 0 Å². The first-order chi connectivity index (χ1) is 6.88. The van der Waals surface area contributed by atoms with E-state index < -0.39 is 0 Å². The molecule has 0 aliphatic carbocycles. The Labute approximate surface area is 89.2 Å². The molecule has 1 aromatic heterocycles. The Bertz CT molecular complexity index is 370. The molecule has 1 heteroatoms. The number of thiophene rings is 1. The molecule has 0 atom stereocenters. The second-order valence-electron chi connectivity index (χ2n) is 3.48. The zero-order chi connectivity index (χ0) is 9.80. The molecule has 0 aliphatic rings. The van der Waals surface area contributed by atoms with Crippen molar-refractivity contribution in [2.75, 3.05) is 0 Å². The number of hydrogen-bond acceptors (Lipinski definition) is 1. The average Bonchev–Trinajstić information content (AvgIpc) is 2.72. The lowest BCUT2D eigenvalue weighted by Gasteiger charge is -2.00. The van der Waals surface area contributed by atoms with Crippen LogP contribution < -0.4 is 0 Å². The molecule has 2 aromatic rings. The van der Waals surface area contributed by atoms with Crippen LogP contribution in [0, 0.1) is 0 Å². The first kappa shape index (κ1) is 9.47. The van der Waals surface area contributed by atoms with Gasteiger partial charge in [-0.1, -0.05) is 31.2 Å². The van der Waals surface area contributed by atoms with Gasteiger partial charge in [0, 0.05) is 0 Å². The lowest BCUT2D eigenvalue weighted by atomic mass is 10.1. The van der Waals surface area contributed by atoms with E-state index in [1.165, 1.54) is 16.7 Å². The third kappa shape index (κ3) is 2.24. The fraction of sp³-hybridized carbons (Fsp3) is 0.231. The van der Waals surface area contributed by atoms with Crippen molar-refractivity contribution in [1.29, 1.82) is 0 Å². The van der Waals surface area contributed by atoms with E-state index in [1.54, 1.807) is 11.3 Å². The summed E-state index contributed by atoms with van der Waals surface area (Å²) in [5, 5.41) is 4.35. The van der Waals surface area contributed by atoms with Crippen LogP contribution in [-0.4, -0.2) is 0 Å². The van der Waals surface area contributed by atoms with E-state index in [4.69, 9.17) is 0 Å². The van der Waals surface area contributed by atoms with Crippen LogP contribution in [0.3, 0.4) is 0 Å². The van der Waals surface area contributed by atoms with Crippen LogP contribution in [0.5, 0.6) is 0 Å². The molecule has 0 saturated carbocycles. The Morgan fingerprint density at radius 1 is 0.929 bits per heavy atom. The van der Waals surface area contributed by atoms with Gasteiger partial charge in [0.15, 0.2) is 0 Å². The summed E-state index contributed by atoms with van der Waals surface area (Å²) in [6, 6.07) is 11.1. The maximum absolute atomic E-state index is 2.23. The third-order valence-electron chi connectivity index (χ3n) is 2.42. The molecule has 0 bridgehead atoms. The molecule has 0 nitrogen and oxygen atoms in total. The van der Waals surface area contributed by atoms with E-state index in [9.17, 15) is 0 Å². The van der Waals surface area contributed by atoms with E-state index in [-0.39, 0.29) is 0 Å². The van der Waals surface area contributed by atoms with E-state index in [0.29, 0.717) is 0 Å². The SMILES string of the molecule is CCc1ccc(Cc2ccsc2)cc1. The lowest BCUT2D eigenvalue weighted by Crippen LogP contribution is -1.86. The zero-order valence-corrected chi connectivity index (χ0v) is 9.18. The normalized spacial score (nSPS) is 10.4. The number of aryl methyl sites for hydroxylation is 1. The highest BCUT2D eigenvalue weighted by Crippen LogP contribution is 2.13. The summed E-state index contributed by atoms with van der Waals surface area (Å²) in [4.78, 5) is 0. The Morgan fingerprint density at radius 3 is 2.21 bits per heavy atom. The zero-order valence-electron chi connectivity index (χ0n) is 8.36. The molecule has 0 radical (unpaired) electrons. The first-order valence-electron chi connectivity index (χ1n) is 4.97. The van der Waals surface area contributed by atoms with Crippen LogP contribution in [0.15, 0.2) is 41.1 Å². The standard InChI is InChI=1S/C13H14S/c1-2-11-3-5-12(6-4-11)9-13-7-8-14-10-13/h3-8,10H,2,9H2,1H3. The van der Waals surface area contributed by atoms with Crippen molar-refractivity contribution in [3.8, 4) is 0 Å². The summed E-state index contributed by atoms with van der Waals surface area (Å²) in [5.41, 5.74) is 4.24. The van der Waals surface area contributed by atoms with Crippen LogP contribution in [0.2, 0.25) is 0 Å². The van der Waals surface area contributed by atoms with Crippen molar-refractivity contribution < 1.29 is 0 Å². The second kappa shape index (κ2) is 4.43. The second-order valence-corrected chi connectivity index (χ2v) is 4.26. The largest absolute Gasteiger partial charge is 0.152 e. The van der Waals surface area contributed by atoms with Crippen LogP contribution in [0.4, 0.5) is 0 Å². The molecule has 0 fully saturated rings. The molecule has 0 aliphatic heterocycles. The van der Waals surface area contributed by atoms with Gasteiger partial charge in [-0.15, -0.1) is 0 Å². The molecular formula is C13H14S. The van der Waals surface area contributed by atoms with Gasteiger partial charge in [-0.2, -0.15) is 11.3 Å². The van der Waals surface area contributed by atoms with Crippen LogP contribution in [0.25, 0.3) is 0 Å². The van der Waals surface area contributed by atoms with E-state index in [0.717, 1.165) is 12.8 Å². The fourth-order valence-electron chi connectivity index (χ4n) is 1.52. The minimum Gasteiger partial charge on any atom is -0.152 e. The van der Waals surface area contributed by atoms with Gasteiger partial charge in [-0.25, -0.2) is 0 Å². The topological polar surface area (TPSA) is 0 Å². The molecule has 0 unspecified atom stereocenters. The Balaban J connectivity index is 2.10. The Kier molecular flexibility index (Phi) is 3.00. The summed E-state index contributed by atoms with van der Waals surface area (Å²) in [6.07, 6.45) is 2.19. The minimum absolute atomic E-state index is 1.06. The summed E-state index contributed by atoms with van der Waals surface area (Å²) >= 11 is 1.77. The first-order valence-corrected chi connectivity index (χ1v) is 5.91. The lowest BCUT2D eigenvalue weighted by molar-refractivity contribution is 1.12. The summed E-state index contributed by atoms with van der Waals surface area (Å²) in [6.45, 7) is 2.19. The molecule has 0 saturated heterocycles. The van der Waals surface area contributed by atoms with E-state index in [2.05, 4.69) is 48.0 Å². The van der Waals surface area contributed by atoms with E-state index >= 15 is 0 Å². The maximum atomic E-state index is 2.23. The molecular weight excluding hydrogens is 188 g/mol. The molecule has 1 aromatic carbocycles. The van der Waals surface area contributed by atoms with Gasteiger partial charge in [0.2, 0.25) is 0 Å². The van der Waals surface area contributed by atoms with Crippen LogP contribution in [-0.2, 0) is 12.8 Å². The summed E-state index contributed by atoms with van der Waals surface area (Å²) in [5.74, 6) is 0. The Morgan fingerprint density at radius 2 is 1.64 bits per heavy atom. The number of benzene rings is 1. The highest BCUT2D eigenvalue weighted by Gasteiger charge is 1.96. The number of hydrogen-bond donors (Lipinski definition) is 0. The molecule has 0 amide bonds. The van der Waals surface area contributed by atoms with Crippen molar-refractivity contribution in [3.05, 3.63) is 57.8 Å². The molecule has 72 valence electrons. The average molecular weight is 202 g/mol. The third-order valence-corrected chi connectivity index (χ3v) is 3.15. The van der Waals surface area contributed by atoms with Gasteiger partial charge < -0.3 is 0 Å². The highest BCUT2D eigenvalue weighted by atomic mass is 32.1. The predicted molar refractivity (Wildman–Crippen MR) is 62.9 cm³/mol. The van der Waals surface area contributed by atoms with Gasteiger partial charge in [0.05, 0.1) is 0 Å². The van der Waals surface area contributed by atoms with Gasteiger partial charge in [-0.3, -0.25) is 0 Å². The van der Waals surface area contributed by atoms with Gasteiger partial charge >= 0.3 is 0 Å². The quantitative estimate of drug-likeness (QED) is 0.708. The number of rotatable bonds is 3. The van der Waals surface area contributed by atoms with Gasteiger partial charge in [-0.05, 0) is 46.4 Å². The Hall–Kier alpha value is -1.08. The molecule has 2 rings (SSSR count). The summed E-state index contributed by atoms with van der Waals surface area (Å²) in [7, 11) is 0. The molecule has 14 heavy (non-hydrogen) atoms. The minimum atomic E-state index is 1.06. The van der Waals surface area contributed by atoms with Crippen molar-refractivity contribution in [2.24, 2.45) is 0 Å². The molecule has 0 spiro atoms. The van der Waals surface area contributed by atoms with Crippen LogP contribution in [0.1, 0.15) is 23.6 Å². The van der Waals surface area contributed by atoms with Crippen LogP contribution >= 0.6 is 11.3 Å². The van der Waals surface area contributed by atoms with Gasteiger partial charge in [0.25, 0.3) is 0 Å². The van der Waals surface area contributed by atoms with E-state index in [1.807, 2.05) is 0 Å². The smallest absolute Gasteiger partial charge is 0.00175 e. The predicted octanol–water partition coefficient (Wildman–Crippen LogP) is 3.90. The maximum Gasteiger partial charge on any atom is -0.00175 e.